The molecule has 1 heterocycles. The molecule has 0 aliphatic rings. The molecule has 2 aromatic carbocycles. The Balaban J connectivity index is 1.97. The van der Waals surface area contributed by atoms with E-state index in [9.17, 15) is 15.0 Å². The Labute approximate surface area is 176 Å². The number of fused-ring (bicyclic) bond motifs is 1. The lowest BCUT2D eigenvalue weighted by Gasteiger charge is -2.19. The number of aliphatic hydroxyl groups excluding tert-OH is 2. The first kappa shape index (κ1) is 21.9. The van der Waals surface area contributed by atoms with Crippen LogP contribution in [0.1, 0.15) is 44.7 Å². The number of rotatable bonds is 8. The number of carbonyl (C=O) groups is 1. The number of Topliss-reactive ketones (excluding diaryl/α,β-unsaturated/α-hetero) is 1. The van der Waals surface area contributed by atoms with Crippen LogP contribution in [-0.2, 0) is 17.6 Å². The minimum absolute atomic E-state index is 0.102. The van der Waals surface area contributed by atoms with E-state index < -0.39 is 18.5 Å². The Hall–Kier alpha value is -2.77. The molecular weight excluding hydrogens is 382 g/mol. The van der Waals surface area contributed by atoms with Crippen molar-refractivity contribution in [2.75, 3.05) is 6.61 Å². The average molecular weight is 412 g/mol. The molecular formula is C23H29N3O4. The van der Waals surface area contributed by atoms with Gasteiger partial charge in [-0.2, -0.15) is 0 Å². The summed E-state index contributed by atoms with van der Waals surface area (Å²) >= 11 is 0. The summed E-state index contributed by atoms with van der Waals surface area (Å²) in [5.74, 6) is -0.461. The highest BCUT2D eigenvalue weighted by atomic mass is 16.3. The highest BCUT2D eigenvalue weighted by Crippen LogP contribution is 2.32. The molecule has 0 bridgehead atoms. The Morgan fingerprint density at radius 2 is 1.73 bits per heavy atom. The van der Waals surface area contributed by atoms with Gasteiger partial charge in [-0.1, -0.05) is 39.0 Å². The number of hydrogen-bond acceptors (Lipinski definition) is 6. The number of hydrogen-bond donors (Lipinski definition) is 3. The normalized spacial score (nSPS) is 13.0. The predicted octanol–water partition coefficient (Wildman–Crippen LogP) is 2.96. The lowest BCUT2D eigenvalue weighted by molar-refractivity contribution is -0.130. The van der Waals surface area contributed by atoms with Gasteiger partial charge in [0.25, 0.3) is 0 Å². The lowest BCUT2D eigenvalue weighted by atomic mass is 9.87. The average Bonchev–Trinajstić information content (AvgIpc) is 3.14. The van der Waals surface area contributed by atoms with E-state index in [1.165, 1.54) is 4.80 Å². The molecule has 0 saturated heterocycles. The standard InChI is InChI=1S/C23H29N3O4/c1-23(2,3)11-10-16-12-15(8-9-20(28)21(29)14-27)13-19(22(16)30)26-24-17-6-4-5-7-18(17)25-26/h4-7,12-13,20,27-28,30H,8-11,14H2,1-3H3. The first-order chi connectivity index (χ1) is 14.2. The maximum Gasteiger partial charge on any atom is 0.186 e. The van der Waals surface area contributed by atoms with Crippen LogP contribution in [0.15, 0.2) is 36.4 Å². The first-order valence-corrected chi connectivity index (χ1v) is 10.2. The molecule has 0 amide bonds. The van der Waals surface area contributed by atoms with Crippen LogP contribution in [-0.4, -0.2) is 48.8 Å². The fourth-order valence-corrected chi connectivity index (χ4v) is 3.28. The Morgan fingerprint density at radius 1 is 1.10 bits per heavy atom. The molecule has 7 nitrogen and oxygen atoms in total. The van der Waals surface area contributed by atoms with Crippen LogP contribution in [0.4, 0.5) is 0 Å². The number of benzene rings is 2. The lowest BCUT2D eigenvalue weighted by Crippen LogP contribution is -2.24. The van der Waals surface area contributed by atoms with Gasteiger partial charge in [-0.25, -0.2) is 0 Å². The minimum atomic E-state index is -1.21. The Kier molecular flexibility index (Phi) is 6.53. The molecule has 0 aliphatic heterocycles. The Morgan fingerprint density at radius 3 is 2.30 bits per heavy atom. The molecule has 3 aromatic rings. The zero-order chi connectivity index (χ0) is 21.9. The van der Waals surface area contributed by atoms with Crippen molar-refractivity contribution in [1.82, 2.24) is 15.0 Å². The summed E-state index contributed by atoms with van der Waals surface area (Å²) in [4.78, 5) is 12.9. The maximum atomic E-state index is 11.5. The van der Waals surface area contributed by atoms with Gasteiger partial charge in [0.05, 0.1) is 0 Å². The van der Waals surface area contributed by atoms with E-state index >= 15 is 0 Å². The summed E-state index contributed by atoms with van der Waals surface area (Å²) in [6, 6.07) is 11.2. The van der Waals surface area contributed by atoms with Crippen LogP contribution in [0.5, 0.6) is 5.75 Å². The summed E-state index contributed by atoms with van der Waals surface area (Å²) in [7, 11) is 0. The number of aromatic nitrogens is 3. The molecule has 0 fully saturated rings. The third-order valence-corrected chi connectivity index (χ3v) is 5.11. The zero-order valence-corrected chi connectivity index (χ0v) is 17.7. The highest BCUT2D eigenvalue weighted by Gasteiger charge is 2.19. The van der Waals surface area contributed by atoms with Crippen molar-refractivity contribution >= 4 is 16.8 Å². The minimum Gasteiger partial charge on any atom is -0.505 e. The van der Waals surface area contributed by atoms with Gasteiger partial charge in [-0.05, 0) is 60.4 Å². The van der Waals surface area contributed by atoms with E-state index in [2.05, 4.69) is 31.0 Å². The topological polar surface area (TPSA) is 108 Å². The molecule has 0 radical (unpaired) electrons. The molecule has 3 N–H and O–H groups in total. The second-order valence-electron chi connectivity index (χ2n) is 8.84. The number of ketones is 1. The first-order valence-electron chi connectivity index (χ1n) is 10.2. The van der Waals surface area contributed by atoms with Gasteiger partial charge in [0.15, 0.2) is 5.78 Å². The van der Waals surface area contributed by atoms with Crippen LogP contribution in [0.2, 0.25) is 0 Å². The van der Waals surface area contributed by atoms with Crippen LogP contribution in [0, 0.1) is 5.41 Å². The summed E-state index contributed by atoms with van der Waals surface area (Å²) in [6.45, 7) is 5.76. The van der Waals surface area contributed by atoms with E-state index in [1.807, 2.05) is 30.3 Å². The smallest absolute Gasteiger partial charge is 0.186 e. The molecule has 7 heteroatoms. The van der Waals surface area contributed by atoms with Crippen LogP contribution in [0.3, 0.4) is 0 Å². The van der Waals surface area contributed by atoms with Gasteiger partial charge >= 0.3 is 0 Å². The third kappa shape index (κ3) is 5.23. The van der Waals surface area contributed by atoms with Gasteiger partial charge in [0, 0.05) is 0 Å². The number of carbonyl (C=O) groups excluding carboxylic acids is 1. The quantitative estimate of drug-likeness (QED) is 0.526. The number of phenolic OH excluding ortho intramolecular Hbond substituents is 1. The number of phenols is 1. The van der Waals surface area contributed by atoms with Gasteiger partial charge in [0.2, 0.25) is 0 Å². The van der Waals surface area contributed by atoms with Gasteiger partial charge in [-0.15, -0.1) is 15.0 Å². The van der Waals surface area contributed by atoms with Gasteiger partial charge in [-0.3, -0.25) is 4.79 Å². The second kappa shape index (κ2) is 8.93. The van der Waals surface area contributed by atoms with Crippen LogP contribution in [0.25, 0.3) is 16.7 Å². The summed E-state index contributed by atoms with van der Waals surface area (Å²) in [5, 5.41) is 38.8. The zero-order valence-electron chi connectivity index (χ0n) is 17.7. The largest absolute Gasteiger partial charge is 0.505 e. The van der Waals surface area contributed by atoms with Crippen molar-refractivity contribution in [1.29, 1.82) is 0 Å². The molecule has 0 aliphatic carbocycles. The van der Waals surface area contributed by atoms with Crippen LogP contribution < -0.4 is 0 Å². The monoisotopic (exact) mass is 411 g/mol. The molecule has 160 valence electrons. The molecule has 3 rings (SSSR count). The maximum absolute atomic E-state index is 11.5. The van der Waals surface area contributed by atoms with Crippen molar-refractivity contribution in [2.45, 2.75) is 52.6 Å². The van der Waals surface area contributed by atoms with E-state index in [1.54, 1.807) is 6.07 Å². The van der Waals surface area contributed by atoms with Crippen molar-refractivity contribution in [2.24, 2.45) is 5.41 Å². The van der Waals surface area contributed by atoms with Crippen molar-refractivity contribution < 1.29 is 20.1 Å². The van der Waals surface area contributed by atoms with Gasteiger partial charge < -0.3 is 15.3 Å². The number of aryl methyl sites for hydroxylation is 2. The molecule has 1 aromatic heterocycles. The summed E-state index contributed by atoms with van der Waals surface area (Å²) in [5.41, 5.74) is 3.66. The van der Waals surface area contributed by atoms with Crippen molar-refractivity contribution in [3.63, 3.8) is 0 Å². The SMILES string of the molecule is CC(C)(C)CCc1cc(CCC(O)C(=O)CO)cc(-n2nc3ccccc3n2)c1O. The fraction of sp³-hybridized carbons (Fsp3) is 0.435. The van der Waals surface area contributed by atoms with E-state index in [0.29, 0.717) is 18.5 Å². The molecule has 1 atom stereocenters. The molecule has 30 heavy (non-hydrogen) atoms. The highest BCUT2D eigenvalue weighted by molar-refractivity contribution is 5.83. The van der Waals surface area contributed by atoms with E-state index in [0.717, 1.165) is 28.6 Å². The summed E-state index contributed by atoms with van der Waals surface area (Å²) < 4.78 is 0. The van der Waals surface area contributed by atoms with Crippen molar-refractivity contribution in [3.8, 4) is 11.4 Å². The fourth-order valence-electron chi connectivity index (χ4n) is 3.28. The number of aromatic hydroxyl groups is 1. The molecule has 0 saturated carbocycles. The van der Waals surface area contributed by atoms with E-state index in [4.69, 9.17) is 5.11 Å². The predicted molar refractivity (Wildman–Crippen MR) is 115 cm³/mol. The molecule has 1 unspecified atom stereocenters. The third-order valence-electron chi connectivity index (χ3n) is 5.11. The molecule has 0 spiro atoms. The second-order valence-corrected chi connectivity index (χ2v) is 8.84. The summed E-state index contributed by atoms with van der Waals surface area (Å²) in [6.07, 6.45) is 0.953. The van der Waals surface area contributed by atoms with E-state index in [-0.39, 0.29) is 17.6 Å². The Bertz CT molecular complexity index is 1000. The number of nitrogens with zero attached hydrogens (tertiary/aromatic N) is 3. The van der Waals surface area contributed by atoms with Gasteiger partial charge in [0.1, 0.15) is 35.2 Å². The van der Waals surface area contributed by atoms with Crippen LogP contribution >= 0.6 is 0 Å². The number of aliphatic hydroxyl groups is 2. The van der Waals surface area contributed by atoms with Crippen molar-refractivity contribution in [3.05, 3.63) is 47.5 Å².